The van der Waals surface area contributed by atoms with E-state index in [1.807, 2.05) is 41.8 Å². The van der Waals surface area contributed by atoms with Crippen molar-refractivity contribution >= 4 is 28.8 Å². The molecule has 4 aromatic rings. The maximum absolute atomic E-state index is 12.9. The van der Waals surface area contributed by atoms with Gasteiger partial charge in [0.2, 0.25) is 5.91 Å². The van der Waals surface area contributed by atoms with Crippen LogP contribution in [0.2, 0.25) is 0 Å². The molecule has 0 aliphatic heterocycles. The van der Waals surface area contributed by atoms with Gasteiger partial charge in [0.25, 0.3) is 0 Å². The lowest BCUT2D eigenvalue weighted by Gasteiger charge is -2.13. The average Bonchev–Trinajstić information content (AvgIpc) is 3.48. The normalized spacial score (nSPS) is 11.9. The van der Waals surface area contributed by atoms with Crippen LogP contribution < -0.4 is 14.8 Å². The SMILES string of the molecule is CCCCOCCOc1ccc(-c2cc(C)c(OC)c(/C=C/C(=O)Nc3ccc([S+]([O-])Cc4cncn4CCC)cc3)c2)cc1. The molecular formula is C36H43N3O5S. The van der Waals surface area contributed by atoms with E-state index in [1.165, 1.54) is 6.08 Å². The lowest BCUT2D eigenvalue weighted by atomic mass is 9.98. The molecule has 4 rings (SSSR count). The van der Waals surface area contributed by atoms with Gasteiger partial charge in [0.05, 0.1) is 31.9 Å². The van der Waals surface area contributed by atoms with Gasteiger partial charge in [-0.05, 0) is 102 Å². The second-order valence-electron chi connectivity index (χ2n) is 10.7. The number of imidazole rings is 1. The van der Waals surface area contributed by atoms with Gasteiger partial charge in [0, 0.05) is 30.5 Å². The quantitative estimate of drug-likeness (QED) is 0.0741. The lowest BCUT2D eigenvalue weighted by molar-refractivity contribution is -0.111. The Kier molecular flexibility index (Phi) is 13.1. The van der Waals surface area contributed by atoms with Gasteiger partial charge in [-0.2, -0.15) is 0 Å². The molecule has 45 heavy (non-hydrogen) atoms. The summed E-state index contributed by atoms with van der Waals surface area (Å²) in [4.78, 5) is 17.7. The smallest absolute Gasteiger partial charge is 0.248 e. The molecule has 0 fully saturated rings. The molecule has 0 bridgehead atoms. The van der Waals surface area contributed by atoms with Crippen LogP contribution in [0.1, 0.15) is 49.9 Å². The fourth-order valence-electron chi connectivity index (χ4n) is 4.85. The van der Waals surface area contributed by atoms with E-state index < -0.39 is 11.2 Å². The summed E-state index contributed by atoms with van der Waals surface area (Å²) in [5.74, 6) is 1.61. The van der Waals surface area contributed by atoms with E-state index in [1.54, 1.807) is 50.0 Å². The van der Waals surface area contributed by atoms with Gasteiger partial charge >= 0.3 is 0 Å². The fourth-order valence-corrected chi connectivity index (χ4v) is 5.96. The minimum atomic E-state index is -1.22. The highest BCUT2D eigenvalue weighted by molar-refractivity contribution is 7.90. The van der Waals surface area contributed by atoms with E-state index in [2.05, 4.69) is 30.2 Å². The summed E-state index contributed by atoms with van der Waals surface area (Å²) in [6, 6.07) is 19.1. The number of methoxy groups -OCH3 is 1. The van der Waals surface area contributed by atoms with Gasteiger partial charge in [-0.1, -0.05) is 32.4 Å². The van der Waals surface area contributed by atoms with Crippen LogP contribution in [0.5, 0.6) is 11.5 Å². The Morgan fingerprint density at radius 2 is 1.78 bits per heavy atom. The first kappa shape index (κ1) is 33.8. The minimum Gasteiger partial charge on any atom is -0.611 e. The van der Waals surface area contributed by atoms with Crippen LogP contribution in [0, 0.1) is 6.92 Å². The van der Waals surface area contributed by atoms with Gasteiger partial charge in [-0.25, -0.2) is 4.98 Å². The molecule has 1 unspecified atom stereocenters. The number of amides is 1. The highest BCUT2D eigenvalue weighted by Crippen LogP contribution is 2.32. The number of anilines is 1. The Balaban J connectivity index is 1.37. The van der Waals surface area contributed by atoms with E-state index in [0.29, 0.717) is 35.3 Å². The Labute approximate surface area is 269 Å². The number of rotatable bonds is 17. The van der Waals surface area contributed by atoms with Gasteiger partial charge in [0.1, 0.15) is 18.1 Å². The van der Waals surface area contributed by atoms with Gasteiger partial charge in [-0.3, -0.25) is 4.79 Å². The molecule has 0 spiro atoms. The van der Waals surface area contributed by atoms with E-state index in [4.69, 9.17) is 14.2 Å². The van der Waals surface area contributed by atoms with E-state index >= 15 is 0 Å². The minimum absolute atomic E-state index is 0.280. The molecule has 0 radical (unpaired) electrons. The first-order chi connectivity index (χ1) is 21.9. The predicted octanol–water partition coefficient (Wildman–Crippen LogP) is 7.43. The Morgan fingerprint density at radius 1 is 1.00 bits per heavy atom. The zero-order valence-corrected chi connectivity index (χ0v) is 27.4. The van der Waals surface area contributed by atoms with Gasteiger partial charge in [0.15, 0.2) is 10.6 Å². The number of carbonyl (C=O) groups is 1. The molecule has 1 heterocycles. The van der Waals surface area contributed by atoms with Gasteiger partial charge in [-0.15, -0.1) is 0 Å². The summed E-state index contributed by atoms with van der Waals surface area (Å²) in [5, 5.41) is 2.88. The second-order valence-corrected chi connectivity index (χ2v) is 12.1. The van der Waals surface area contributed by atoms with Crippen LogP contribution in [-0.4, -0.2) is 46.9 Å². The van der Waals surface area contributed by atoms with Crippen LogP contribution in [0.3, 0.4) is 0 Å². The Bertz CT molecular complexity index is 1530. The number of nitrogens with one attached hydrogen (secondary N) is 1. The number of hydrogen-bond donors (Lipinski definition) is 1. The van der Waals surface area contributed by atoms with Crippen molar-refractivity contribution in [3.05, 3.63) is 96.1 Å². The Hall–Kier alpha value is -4.05. The van der Waals surface area contributed by atoms with Crippen LogP contribution >= 0.6 is 0 Å². The van der Waals surface area contributed by atoms with E-state index in [-0.39, 0.29) is 5.91 Å². The number of aryl methyl sites for hydroxylation is 2. The molecule has 0 aliphatic rings. The number of ether oxygens (including phenoxy) is 3. The van der Waals surface area contributed by atoms with Crippen LogP contribution in [0.4, 0.5) is 5.69 Å². The van der Waals surface area contributed by atoms with Crippen LogP contribution in [0.15, 0.2) is 84.2 Å². The molecule has 8 nitrogen and oxygen atoms in total. The number of hydrogen-bond acceptors (Lipinski definition) is 6. The van der Waals surface area contributed by atoms with Crippen molar-refractivity contribution in [1.82, 2.24) is 9.55 Å². The van der Waals surface area contributed by atoms with Crippen molar-refractivity contribution in [2.24, 2.45) is 0 Å². The van der Waals surface area contributed by atoms with Crippen molar-refractivity contribution < 1.29 is 23.6 Å². The number of unbranched alkanes of at least 4 members (excludes halogenated alkanes) is 1. The molecule has 0 saturated heterocycles. The number of nitrogens with zero attached hydrogens (tertiary/aromatic N) is 2. The zero-order chi connectivity index (χ0) is 32.0. The highest BCUT2D eigenvalue weighted by atomic mass is 32.2. The molecule has 1 aromatic heterocycles. The number of aromatic nitrogens is 2. The Morgan fingerprint density at radius 3 is 2.49 bits per heavy atom. The molecule has 1 amide bonds. The first-order valence-corrected chi connectivity index (χ1v) is 16.7. The molecule has 0 saturated carbocycles. The largest absolute Gasteiger partial charge is 0.611 e. The summed E-state index contributed by atoms with van der Waals surface area (Å²) in [5.41, 5.74) is 5.34. The molecule has 1 atom stereocenters. The highest BCUT2D eigenvalue weighted by Gasteiger charge is 2.15. The van der Waals surface area contributed by atoms with Crippen molar-refractivity contribution in [2.75, 3.05) is 32.2 Å². The third kappa shape index (κ3) is 9.97. The summed E-state index contributed by atoms with van der Waals surface area (Å²) in [6.07, 6.45) is 9.94. The third-order valence-electron chi connectivity index (χ3n) is 7.17. The first-order valence-electron chi connectivity index (χ1n) is 15.4. The monoisotopic (exact) mass is 629 g/mol. The standard InChI is InChI=1S/C36H43N3O5S/c1-5-7-19-43-20-21-44-33-13-8-28(9-14-33)30-22-27(3)36(42-4)29(23-30)10-17-35(40)38-31-11-15-34(16-12-31)45(41)25-32-24-37-26-39(32)18-6-2/h8-17,22-24,26H,5-7,18-21,25H2,1-4H3,(H,38,40)/b17-10+. The predicted molar refractivity (Wildman–Crippen MR) is 181 cm³/mol. The average molecular weight is 630 g/mol. The van der Waals surface area contributed by atoms with Crippen molar-refractivity contribution in [2.45, 2.75) is 57.2 Å². The molecule has 9 heteroatoms. The molecule has 3 aromatic carbocycles. The molecule has 1 N–H and O–H groups in total. The van der Waals surface area contributed by atoms with Crippen molar-refractivity contribution in [3.8, 4) is 22.6 Å². The van der Waals surface area contributed by atoms with Gasteiger partial charge < -0.3 is 28.6 Å². The lowest BCUT2D eigenvalue weighted by Crippen LogP contribution is -2.11. The van der Waals surface area contributed by atoms with Crippen molar-refractivity contribution in [3.63, 3.8) is 0 Å². The topological polar surface area (TPSA) is 97.7 Å². The summed E-state index contributed by atoms with van der Waals surface area (Å²) < 4.78 is 32.0. The third-order valence-corrected chi connectivity index (χ3v) is 8.53. The molecule has 238 valence electrons. The molecular weight excluding hydrogens is 586 g/mol. The van der Waals surface area contributed by atoms with Crippen molar-refractivity contribution in [1.29, 1.82) is 0 Å². The summed E-state index contributed by atoms with van der Waals surface area (Å²) in [6.45, 7) is 8.92. The zero-order valence-electron chi connectivity index (χ0n) is 26.6. The van der Waals surface area contributed by atoms with Crippen LogP contribution in [-0.2, 0) is 33.0 Å². The molecule has 0 aliphatic carbocycles. The fraction of sp³-hybridized carbons (Fsp3) is 0.333. The van der Waals surface area contributed by atoms with E-state index in [0.717, 1.165) is 66.1 Å². The maximum Gasteiger partial charge on any atom is 0.248 e. The second kappa shape index (κ2) is 17.4. The maximum atomic E-state index is 12.9. The van der Waals surface area contributed by atoms with E-state index in [9.17, 15) is 9.35 Å². The summed E-state index contributed by atoms with van der Waals surface area (Å²) >= 11 is -1.22. The summed E-state index contributed by atoms with van der Waals surface area (Å²) in [7, 11) is 1.63. The number of carbonyl (C=O) groups excluding carboxylic acids is 1. The van der Waals surface area contributed by atoms with Crippen LogP contribution in [0.25, 0.3) is 17.2 Å². The number of benzene rings is 3.